The van der Waals surface area contributed by atoms with Crippen LogP contribution in [0.25, 0.3) is 0 Å². The van der Waals surface area contributed by atoms with Crippen LogP contribution in [0, 0.1) is 5.92 Å². The average molecular weight is 298 g/mol. The summed E-state index contributed by atoms with van der Waals surface area (Å²) in [4.78, 5) is 12.3. The molecule has 0 bridgehead atoms. The van der Waals surface area contributed by atoms with Crippen LogP contribution in [0.3, 0.4) is 0 Å². The Morgan fingerprint density at radius 1 is 1.30 bits per heavy atom. The first-order chi connectivity index (χ1) is 9.16. The first-order valence-corrected chi connectivity index (χ1v) is 7.19. The van der Waals surface area contributed by atoms with E-state index in [1.54, 1.807) is 6.92 Å². The summed E-state index contributed by atoms with van der Waals surface area (Å²) in [5.74, 6) is 0.466. The van der Waals surface area contributed by atoms with Gasteiger partial charge in [0, 0.05) is 11.5 Å². The van der Waals surface area contributed by atoms with Crippen molar-refractivity contribution in [1.82, 2.24) is 5.32 Å². The van der Waals surface area contributed by atoms with E-state index in [9.17, 15) is 9.90 Å². The molecule has 1 saturated heterocycles. The number of hydrogen-bond donors (Lipinski definition) is 2. The zero-order valence-electron chi connectivity index (χ0n) is 12.0. The number of aliphatic hydroxyl groups excluding tert-OH is 1. The van der Waals surface area contributed by atoms with Crippen molar-refractivity contribution in [1.29, 1.82) is 0 Å². The molecule has 1 atom stereocenters. The van der Waals surface area contributed by atoms with E-state index < -0.39 is 0 Å². The van der Waals surface area contributed by atoms with Crippen LogP contribution in [0.1, 0.15) is 42.1 Å². The van der Waals surface area contributed by atoms with Crippen molar-refractivity contribution in [3.8, 4) is 0 Å². The molecule has 1 aromatic carbocycles. The number of piperidine rings is 1. The van der Waals surface area contributed by atoms with Crippen molar-refractivity contribution in [2.45, 2.75) is 38.7 Å². The van der Waals surface area contributed by atoms with E-state index in [4.69, 9.17) is 0 Å². The number of ketones is 1. The van der Waals surface area contributed by atoms with E-state index in [2.05, 4.69) is 5.32 Å². The van der Waals surface area contributed by atoms with Crippen LogP contribution in [-0.2, 0) is 6.42 Å². The van der Waals surface area contributed by atoms with Gasteiger partial charge in [-0.2, -0.15) is 0 Å². The molecule has 4 heteroatoms. The van der Waals surface area contributed by atoms with Gasteiger partial charge in [-0.3, -0.25) is 4.79 Å². The van der Waals surface area contributed by atoms with Gasteiger partial charge in [-0.15, -0.1) is 12.4 Å². The molecule has 1 aliphatic heterocycles. The second-order valence-corrected chi connectivity index (χ2v) is 5.47. The molecule has 0 aliphatic carbocycles. The Morgan fingerprint density at radius 3 is 2.45 bits per heavy atom. The van der Waals surface area contributed by atoms with E-state index in [0.29, 0.717) is 0 Å². The van der Waals surface area contributed by atoms with E-state index in [-0.39, 0.29) is 30.2 Å². The molecule has 0 amide bonds. The summed E-state index contributed by atoms with van der Waals surface area (Å²) in [5.41, 5.74) is 2.01. The fraction of sp³-hybridized carbons (Fsp3) is 0.562. The first-order valence-electron chi connectivity index (χ1n) is 7.19. The second kappa shape index (κ2) is 8.40. The van der Waals surface area contributed by atoms with Gasteiger partial charge in [-0.25, -0.2) is 0 Å². The predicted molar refractivity (Wildman–Crippen MR) is 83.6 cm³/mol. The number of aryl methyl sites for hydroxylation is 1. The Kier molecular flexibility index (Phi) is 7.20. The van der Waals surface area contributed by atoms with E-state index in [0.717, 1.165) is 44.3 Å². The summed E-state index contributed by atoms with van der Waals surface area (Å²) in [6, 6.07) is 7.89. The molecule has 1 unspecified atom stereocenters. The molecule has 3 nitrogen and oxygen atoms in total. The Hall–Kier alpha value is -0.900. The van der Waals surface area contributed by atoms with Crippen LogP contribution in [0.15, 0.2) is 24.3 Å². The number of carbonyl (C=O) groups is 1. The van der Waals surface area contributed by atoms with Crippen molar-refractivity contribution in [3.05, 3.63) is 35.4 Å². The standard InChI is InChI=1S/C16H23NO2.ClH/c1-12(18)2-3-13-4-6-14(7-5-13)16(19)15-8-10-17-11-9-15;/h4-7,12,15,17-18H,2-3,8-11H2,1H3;1H. The van der Waals surface area contributed by atoms with Crippen LogP contribution in [-0.4, -0.2) is 30.1 Å². The largest absolute Gasteiger partial charge is 0.393 e. The lowest BCUT2D eigenvalue weighted by Gasteiger charge is -2.21. The van der Waals surface area contributed by atoms with Crippen molar-refractivity contribution >= 4 is 18.2 Å². The summed E-state index contributed by atoms with van der Waals surface area (Å²) >= 11 is 0. The van der Waals surface area contributed by atoms with Crippen LogP contribution < -0.4 is 5.32 Å². The number of benzene rings is 1. The number of aliphatic hydroxyl groups is 1. The average Bonchev–Trinajstić information content (AvgIpc) is 2.46. The lowest BCUT2D eigenvalue weighted by Crippen LogP contribution is -2.31. The molecule has 0 spiro atoms. The molecular weight excluding hydrogens is 274 g/mol. The molecule has 1 aliphatic rings. The lowest BCUT2D eigenvalue weighted by atomic mass is 9.89. The van der Waals surface area contributed by atoms with Gasteiger partial charge in [0.2, 0.25) is 0 Å². The molecule has 0 saturated carbocycles. The van der Waals surface area contributed by atoms with Gasteiger partial charge in [0.25, 0.3) is 0 Å². The van der Waals surface area contributed by atoms with Crippen molar-refractivity contribution < 1.29 is 9.90 Å². The summed E-state index contributed by atoms with van der Waals surface area (Å²) in [7, 11) is 0. The third-order valence-corrected chi connectivity index (χ3v) is 3.80. The van der Waals surface area contributed by atoms with Gasteiger partial charge in [0.1, 0.15) is 0 Å². The molecule has 1 aromatic rings. The van der Waals surface area contributed by atoms with E-state index in [1.165, 1.54) is 5.56 Å². The van der Waals surface area contributed by atoms with Gasteiger partial charge in [-0.05, 0) is 51.3 Å². The van der Waals surface area contributed by atoms with E-state index >= 15 is 0 Å². The first kappa shape index (κ1) is 17.2. The molecule has 2 N–H and O–H groups in total. The van der Waals surface area contributed by atoms with Crippen molar-refractivity contribution in [2.24, 2.45) is 5.92 Å². The minimum absolute atomic E-state index is 0. The molecule has 20 heavy (non-hydrogen) atoms. The summed E-state index contributed by atoms with van der Waals surface area (Å²) < 4.78 is 0. The highest BCUT2D eigenvalue weighted by molar-refractivity contribution is 5.97. The Labute approximate surface area is 127 Å². The smallest absolute Gasteiger partial charge is 0.166 e. The molecule has 112 valence electrons. The number of halogens is 1. The molecule has 1 fully saturated rings. The lowest BCUT2D eigenvalue weighted by molar-refractivity contribution is 0.0895. The van der Waals surface area contributed by atoms with E-state index in [1.807, 2.05) is 24.3 Å². The van der Waals surface area contributed by atoms with Gasteiger partial charge >= 0.3 is 0 Å². The Bertz CT molecular complexity index is 411. The maximum Gasteiger partial charge on any atom is 0.166 e. The van der Waals surface area contributed by atoms with Crippen LogP contribution in [0.2, 0.25) is 0 Å². The number of nitrogens with one attached hydrogen (secondary N) is 1. The highest BCUT2D eigenvalue weighted by atomic mass is 35.5. The van der Waals surface area contributed by atoms with Crippen LogP contribution in [0.5, 0.6) is 0 Å². The van der Waals surface area contributed by atoms with Gasteiger partial charge in [0.15, 0.2) is 5.78 Å². The summed E-state index contributed by atoms with van der Waals surface area (Å²) in [6.45, 7) is 3.70. The van der Waals surface area contributed by atoms with Crippen molar-refractivity contribution in [2.75, 3.05) is 13.1 Å². The van der Waals surface area contributed by atoms with Gasteiger partial charge < -0.3 is 10.4 Å². The SMILES string of the molecule is CC(O)CCc1ccc(C(=O)C2CCNCC2)cc1.Cl. The Balaban J connectivity index is 0.00000200. The fourth-order valence-electron chi connectivity index (χ4n) is 2.53. The predicted octanol–water partition coefficient (Wildman–Crippen LogP) is 2.60. The quantitative estimate of drug-likeness (QED) is 0.821. The molecule has 0 aromatic heterocycles. The monoisotopic (exact) mass is 297 g/mol. The molecule has 2 rings (SSSR count). The maximum atomic E-state index is 12.3. The molecular formula is C16H24ClNO2. The van der Waals surface area contributed by atoms with Crippen LogP contribution in [0.4, 0.5) is 0 Å². The maximum absolute atomic E-state index is 12.3. The third-order valence-electron chi connectivity index (χ3n) is 3.80. The number of rotatable bonds is 5. The fourth-order valence-corrected chi connectivity index (χ4v) is 2.53. The zero-order valence-corrected chi connectivity index (χ0v) is 12.8. The number of carbonyl (C=O) groups excluding carboxylic acids is 1. The second-order valence-electron chi connectivity index (χ2n) is 5.47. The Morgan fingerprint density at radius 2 is 1.90 bits per heavy atom. The zero-order chi connectivity index (χ0) is 13.7. The molecule has 0 radical (unpaired) electrons. The summed E-state index contributed by atoms with van der Waals surface area (Å²) in [6.07, 6.45) is 3.25. The van der Waals surface area contributed by atoms with Gasteiger partial charge in [-0.1, -0.05) is 24.3 Å². The molecule has 1 heterocycles. The third kappa shape index (κ3) is 4.89. The number of hydrogen-bond acceptors (Lipinski definition) is 3. The minimum Gasteiger partial charge on any atom is -0.393 e. The highest BCUT2D eigenvalue weighted by Crippen LogP contribution is 2.19. The normalized spacial score (nSPS) is 17.3. The van der Waals surface area contributed by atoms with Crippen molar-refractivity contribution in [3.63, 3.8) is 0 Å². The summed E-state index contributed by atoms with van der Waals surface area (Å²) in [5, 5.41) is 12.5. The van der Waals surface area contributed by atoms with Gasteiger partial charge in [0.05, 0.1) is 6.10 Å². The number of Topliss-reactive ketones (excluding diaryl/α,β-unsaturated/α-hetero) is 1. The highest BCUT2D eigenvalue weighted by Gasteiger charge is 2.21. The topological polar surface area (TPSA) is 49.3 Å². The van der Waals surface area contributed by atoms with Crippen LogP contribution >= 0.6 is 12.4 Å². The minimum atomic E-state index is -0.268.